The topological polar surface area (TPSA) is 41.3 Å². The van der Waals surface area contributed by atoms with Gasteiger partial charge in [0, 0.05) is 24.8 Å². The van der Waals surface area contributed by atoms with Crippen molar-refractivity contribution in [2.45, 2.75) is 26.0 Å². The molecule has 0 aliphatic carbocycles. The molecule has 0 fully saturated rings. The highest BCUT2D eigenvalue weighted by Crippen LogP contribution is 2.35. The molecule has 1 N–H and O–H groups in total. The van der Waals surface area contributed by atoms with Gasteiger partial charge in [-0.2, -0.15) is 5.10 Å². The number of fused-ring (bicyclic) bond motifs is 1. The third kappa shape index (κ3) is 2.25. The van der Waals surface area contributed by atoms with Crippen molar-refractivity contribution in [3.8, 4) is 0 Å². The Bertz CT molecular complexity index is 638. The first-order valence-corrected chi connectivity index (χ1v) is 7.57. The number of rotatable bonds is 2. The van der Waals surface area contributed by atoms with Gasteiger partial charge in [0.15, 0.2) is 0 Å². The predicted octanol–water partition coefficient (Wildman–Crippen LogP) is 2.93. The molecular weight excluding hydrogens is 318 g/mol. The maximum atomic E-state index is 10.1. The van der Waals surface area contributed by atoms with Gasteiger partial charge in [-0.25, -0.2) is 0 Å². The summed E-state index contributed by atoms with van der Waals surface area (Å²) in [4.78, 5) is 2.31. The van der Waals surface area contributed by atoms with Gasteiger partial charge in [-0.1, -0.05) is 18.2 Å². The van der Waals surface area contributed by atoms with Gasteiger partial charge in [-0.15, -0.1) is 0 Å². The van der Waals surface area contributed by atoms with Gasteiger partial charge in [-0.05, 0) is 35.3 Å². The minimum absolute atomic E-state index is 0.348. The van der Waals surface area contributed by atoms with Crippen LogP contribution in [0.5, 0.6) is 0 Å². The molecule has 1 aromatic heterocycles. The van der Waals surface area contributed by atoms with Crippen LogP contribution in [0.1, 0.15) is 29.5 Å². The number of aliphatic hydroxyl groups excluding tert-OH is 1. The lowest BCUT2D eigenvalue weighted by Crippen LogP contribution is -2.31. The monoisotopic (exact) mass is 335 g/mol. The van der Waals surface area contributed by atoms with Gasteiger partial charge in [0.1, 0.15) is 0 Å². The Morgan fingerprint density at radius 1 is 1.40 bits per heavy atom. The number of para-hydroxylation sites is 1. The average Bonchev–Trinajstić information content (AvgIpc) is 2.68. The molecular formula is C15H18BrN3O. The van der Waals surface area contributed by atoms with Crippen LogP contribution in [0.4, 0.5) is 5.69 Å². The van der Waals surface area contributed by atoms with E-state index in [-0.39, 0.29) is 6.10 Å². The summed E-state index contributed by atoms with van der Waals surface area (Å²) >= 11 is 3.62. The summed E-state index contributed by atoms with van der Waals surface area (Å²) in [6.45, 7) is 3.65. The zero-order chi connectivity index (χ0) is 14.3. The van der Waals surface area contributed by atoms with Crippen molar-refractivity contribution in [2.24, 2.45) is 7.05 Å². The largest absolute Gasteiger partial charge is 0.388 e. The highest BCUT2D eigenvalue weighted by molar-refractivity contribution is 9.10. The van der Waals surface area contributed by atoms with Crippen molar-refractivity contribution in [1.82, 2.24) is 9.78 Å². The van der Waals surface area contributed by atoms with Crippen LogP contribution in [0.25, 0.3) is 0 Å². The minimum Gasteiger partial charge on any atom is -0.388 e. The molecule has 1 unspecified atom stereocenters. The fourth-order valence-electron chi connectivity index (χ4n) is 2.81. The Labute approximate surface area is 127 Å². The van der Waals surface area contributed by atoms with Crippen molar-refractivity contribution in [1.29, 1.82) is 0 Å². The van der Waals surface area contributed by atoms with E-state index in [1.165, 1.54) is 0 Å². The lowest BCUT2D eigenvalue weighted by atomic mass is 9.99. The van der Waals surface area contributed by atoms with Crippen LogP contribution < -0.4 is 4.90 Å². The third-order valence-electron chi connectivity index (χ3n) is 3.91. The molecule has 0 saturated carbocycles. The van der Waals surface area contributed by atoms with Gasteiger partial charge in [0.25, 0.3) is 0 Å². The standard InChI is InChI=1S/C15H18BrN3O/c1-10-15(16)13(18(2)17-10)9-19-8-7-14(20)11-5-3-4-6-12(11)19/h3-6,14,20H,7-9H2,1-2H3. The van der Waals surface area contributed by atoms with Crippen LogP contribution in [0.15, 0.2) is 28.7 Å². The van der Waals surface area contributed by atoms with Gasteiger partial charge < -0.3 is 10.0 Å². The molecule has 5 heteroatoms. The van der Waals surface area contributed by atoms with Gasteiger partial charge >= 0.3 is 0 Å². The van der Waals surface area contributed by atoms with Crippen LogP contribution in [-0.2, 0) is 13.6 Å². The molecule has 1 aliphatic heterocycles. The zero-order valence-electron chi connectivity index (χ0n) is 11.7. The van der Waals surface area contributed by atoms with Gasteiger partial charge in [-0.3, -0.25) is 4.68 Å². The second kappa shape index (κ2) is 5.22. The van der Waals surface area contributed by atoms with Crippen molar-refractivity contribution in [3.63, 3.8) is 0 Å². The van der Waals surface area contributed by atoms with Crippen LogP contribution >= 0.6 is 15.9 Å². The smallest absolute Gasteiger partial charge is 0.0826 e. The number of benzene rings is 1. The predicted molar refractivity (Wildman–Crippen MR) is 82.7 cm³/mol. The Morgan fingerprint density at radius 2 is 2.15 bits per heavy atom. The summed E-state index contributed by atoms with van der Waals surface area (Å²) < 4.78 is 3.00. The van der Waals surface area contributed by atoms with Crippen LogP contribution in [0, 0.1) is 6.92 Å². The summed E-state index contributed by atoms with van der Waals surface area (Å²) in [5.41, 5.74) is 4.31. The first-order chi connectivity index (χ1) is 9.58. The SMILES string of the molecule is Cc1nn(C)c(CN2CCC(O)c3ccccc32)c1Br. The van der Waals surface area contributed by atoms with Gasteiger partial charge in [0.05, 0.1) is 28.5 Å². The lowest BCUT2D eigenvalue weighted by Gasteiger charge is -2.33. The number of anilines is 1. The summed E-state index contributed by atoms with van der Waals surface area (Å²) in [7, 11) is 1.97. The fourth-order valence-corrected chi connectivity index (χ4v) is 3.27. The van der Waals surface area contributed by atoms with E-state index >= 15 is 0 Å². The van der Waals surface area contributed by atoms with E-state index in [1.54, 1.807) is 0 Å². The first-order valence-electron chi connectivity index (χ1n) is 6.78. The minimum atomic E-state index is -0.348. The van der Waals surface area contributed by atoms with E-state index in [0.717, 1.165) is 46.6 Å². The third-order valence-corrected chi connectivity index (χ3v) is 4.94. The Balaban J connectivity index is 1.94. The van der Waals surface area contributed by atoms with E-state index in [4.69, 9.17) is 0 Å². The highest BCUT2D eigenvalue weighted by Gasteiger charge is 2.24. The number of nitrogens with zero attached hydrogens (tertiary/aromatic N) is 3. The second-order valence-corrected chi connectivity index (χ2v) is 6.05. The molecule has 3 rings (SSSR count). The molecule has 0 saturated heterocycles. The maximum Gasteiger partial charge on any atom is 0.0826 e. The van der Waals surface area contributed by atoms with E-state index in [9.17, 15) is 5.11 Å². The number of aromatic nitrogens is 2. The maximum absolute atomic E-state index is 10.1. The van der Waals surface area contributed by atoms with E-state index < -0.39 is 0 Å². The van der Waals surface area contributed by atoms with Crippen LogP contribution in [0.3, 0.4) is 0 Å². The number of hydrogen-bond donors (Lipinski definition) is 1. The Kier molecular flexibility index (Phi) is 3.56. The Morgan fingerprint density at radius 3 is 2.85 bits per heavy atom. The van der Waals surface area contributed by atoms with E-state index in [0.29, 0.717) is 0 Å². The van der Waals surface area contributed by atoms with Crippen molar-refractivity contribution >= 4 is 21.6 Å². The molecule has 2 aromatic rings. The summed E-state index contributed by atoms with van der Waals surface area (Å²) in [6.07, 6.45) is 0.421. The molecule has 0 bridgehead atoms. The second-order valence-electron chi connectivity index (χ2n) is 5.25. The van der Waals surface area contributed by atoms with Crippen molar-refractivity contribution in [3.05, 3.63) is 45.7 Å². The first kappa shape index (κ1) is 13.6. The number of aliphatic hydroxyl groups is 1. The molecule has 0 spiro atoms. The average molecular weight is 336 g/mol. The molecule has 2 heterocycles. The molecule has 1 aromatic carbocycles. The molecule has 1 atom stereocenters. The molecule has 20 heavy (non-hydrogen) atoms. The van der Waals surface area contributed by atoms with E-state index in [2.05, 4.69) is 32.0 Å². The molecule has 4 nitrogen and oxygen atoms in total. The summed E-state index contributed by atoms with van der Waals surface area (Å²) in [5.74, 6) is 0. The number of hydrogen-bond acceptors (Lipinski definition) is 3. The van der Waals surface area contributed by atoms with Crippen molar-refractivity contribution < 1.29 is 5.11 Å². The molecule has 0 radical (unpaired) electrons. The van der Waals surface area contributed by atoms with Crippen LogP contribution in [0.2, 0.25) is 0 Å². The van der Waals surface area contributed by atoms with E-state index in [1.807, 2.05) is 36.9 Å². The number of halogens is 1. The highest BCUT2D eigenvalue weighted by atomic mass is 79.9. The zero-order valence-corrected chi connectivity index (χ0v) is 13.3. The summed E-state index contributed by atoms with van der Waals surface area (Å²) in [5, 5.41) is 14.5. The molecule has 106 valence electrons. The van der Waals surface area contributed by atoms with Gasteiger partial charge in [0.2, 0.25) is 0 Å². The molecule has 1 aliphatic rings. The van der Waals surface area contributed by atoms with Crippen molar-refractivity contribution in [2.75, 3.05) is 11.4 Å². The lowest BCUT2D eigenvalue weighted by molar-refractivity contribution is 0.164. The normalized spacial score (nSPS) is 18.2. The van der Waals surface area contributed by atoms with Crippen LogP contribution in [-0.4, -0.2) is 21.4 Å². The molecule has 0 amide bonds. The quantitative estimate of drug-likeness (QED) is 0.917. The Hall–Kier alpha value is -1.33. The summed E-state index contributed by atoms with van der Waals surface area (Å²) in [6, 6.07) is 8.09. The fraction of sp³-hybridized carbons (Fsp3) is 0.400. The number of aryl methyl sites for hydroxylation is 2.